The molecular formula is C10H11N3O4S. The van der Waals surface area contributed by atoms with E-state index in [-0.39, 0.29) is 17.1 Å². The van der Waals surface area contributed by atoms with Crippen molar-refractivity contribution in [1.82, 2.24) is 0 Å². The minimum absolute atomic E-state index is 0.0206. The van der Waals surface area contributed by atoms with Gasteiger partial charge in [-0.15, -0.1) is 0 Å². The number of methoxy groups -OCH3 is 1. The maximum atomic E-state index is 11.2. The summed E-state index contributed by atoms with van der Waals surface area (Å²) in [7, 11) is -2.61. The zero-order chi connectivity index (χ0) is 13.8. The fourth-order valence-electron chi connectivity index (χ4n) is 1.26. The van der Waals surface area contributed by atoms with Crippen molar-refractivity contribution in [3.8, 4) is 11.8 Å². The van der Waals surface area contributed by atoms with Gasteiger partial charge in [0.05, 0.1) is 13.2 Å². The Morgan fingerprint density at radius 2 is 2.22 bits per heavy atom. The summed E-state index contributed by atoms with van der Waals surface area (Å²) in [6, 6.07) is 5.58. The lowest BCUT2D eigenvalue weighted by atomic mass is 10.3. The number of ether oxygens (including phenoxy) is 1. The van der Waals surface area contributed by atoms with Crippen LogP contribution in [-0.4, -0.2) is 21.4 Å². The van der Waals surface area contributed by atoms with Crippen molar-refractivity contribution in [3.05, 3.63) is 18.2 Å². The van der Waals surface area contributed by atoms with Crippen LogP contribution >= 0.6 is 0 Å². The molecule has 0 saturated heterocycles. The molecule has 0 fully saturated rings. The number of benzene rings is 1. The first-order valence-corrected chi connectivity index (χ1v) is 6.30. The van der Waals surface area contributed by atoms with Gasteiger partial charge in [-0.05, 0) is 12.1 Å². The molecule has 0 aromatic heterocycles. The number of hydrogen-bond donors (Lipinski definition) is 2. The zero-order valence-corrected chi connectivity index (χ0v) is 10.3. The smallest absolute Gasteiger partial charge is 0.241 e. The van der Waals surface area contributed by atoms with Crippen molar-refractivity contribution in [3.63, 3.8) is 0 Å². The number of nitriles is 1. The summed E-state index contributed by atoms with van der Waals surface area (Å²) in [5.41, 5.74) is 0.319. The van der Waals surface area contributed by atoms with Crippen molar-refractivity contribution in [1.29, 1.82) is 5.26 Å². The van der Waals surface area contributed by atoms with Gasteiger partial charge < -0.3 is 10.1 Å². The highest BCUT2D eigenvalue weighted by Gasteiger charge is 2.15. The van der Waals surface area contributed by atoms with Gasteiger partial charge in [0, 0.05) is 11.8 Å². The number of nitrogens with zero attached hydrogens (tertiary/aromatic N) is 1. The number of nitrogens with two attached hydrogens (primary N) is 1. The predicted octanol–water partition coefficient (Wildman–Crippen LogP) is 0.195. The first kappa shape index (κ1) is 14.0. The van der Waals surface area contributed by atoms with E-state index in [2.05, 4.69) is 5.32 Å². The number of anilines is 1. The van der Waals surface area contributed by atoms with Gasteiger partial charge in [0.25, 0.3) is 0 Å². The van der Waals surface area contributed by atoms with Gasteiger partial charge in [0.1, 0.15) is 17.1 Å². The second-order valence-corrected chi connectivity index (χ2v) is 4.82. The Bertz CT molecular complexity index is 604. The molecule has 1 aromatic rings. The minimum Gasteiger partial charge on any atom is -0.495 e. The summed E-state index contributed by atoms with van der Waals surface area (Å²) in [5.74, 6) is -0.477. The van der Waals surface area contributed by atoms with Crippen LogP contribution in [0.3, 0.4) is 0 Å². The highest BCUT2D eigenvalue weighted by atomic mass is 32.2. The molecule has 0 heterocycles. The molecule has 0 aliphatic heterocycles. The lowest BCUT2D eigenvalue weighted by molar-refractivity contribution is -0.115. The number of primary sulfonamides is 1. The first-order chi connectivity index (χ1) is 8.38. The Morgan fingerprint density at radius 1 is 1.56 bits per heavy atom. The molecule has 1 amide bonds. The van der Waals surface area contributed by atoms with Gasteiger partial charge in [0.2, 0.25) is 15.9 Å². The van der Waals surface area contributed by atoms with E-state index in [0.717, 1.165) is 0 Å². The Kier molecular flexibility index (Phi) is 4.25. The number of sulfonamides is 1. The summed E-state index contributed by atoms with van der Waals surface area (Å²) in [4.78, 5) is 11.0. The Balaban J connectivity index is 3.08. The van der Waals surface area contributed by atoms with Crippen LogP contribution in [0.5, 0.6) is 5.75 Å². The number of amides is 1. The molecule has 0 aliphatic carbocycles. The largest absolute Gasteiger partial charge is 0.495 e. The summed E-state index contributed by atoms with van der Waals surface area (Å²) >= 11 is 0. The SMILES string of the molecule is COc1cc(NC(=O)CC#N)ccc1S(N)(=O)=O. The van der Waals surface area contributed by atoms with Gasteiger partial charge >= 0.3 is 0 Å². The van der Waals surface area contributed by atoms with Crippen molar-refractivity contribution in [2.45, 2.75) is 11.3 Å². The number of carbonyl (C=O) groups excluding carboxylic acids is 1. The Morgan fingerprint density at radius 3 is 2.72 bits per heavy atom. The third-order valence-electron chi connectivity index (χ3n) is 1.99. The highest BCUT2D eigenvalue weighted by molar-refractivity contribution is 7.89. The molecule has 0 atom stereocenters. The molecule has 96 valence electrons. The summed E-state index contributed by atoms with van der Waals surface area (Å²) in [5, 5.41) is 15.7. The van der Waals surface area contributed by atoms with Gasteiger partial charge in [-0.25, -0.2) is 13.6 Å². The van der Waals surface area contributed by atoms with Crippen LogP contribution in [0, 0.1) is 11.3 Å². The molecule has 7 nitrogen and oxygen atoms in total. The topological polar surface area (TPSA) is 122 Å². The van der Waals surface area contributed by atoms with Crippen LogP contribution in [0.15, 0.2) is 23.1 Å². The van der Waals surface area contributed by atoms with Crippen LogP contribution in [-0.2, 0) is 14.8 Å². The summed E-state index contributed by atoms with van der Waals surface area (Å²) in [6.07, 6.45) is -0.292. The van der Waals surface area contributed by atoms with Crippen LogP contribution in [0.2, 0.25) is 0 Å². The standard InChI is InChI=1S/C10H11N3O4S/c1-17-8-6-7(13-10(14)4-5-11)2-3-9(8)18(12,15)16/h2-3,6H,4H2,1H3,(H,13,14)(H2,12,15,16). The molecule has 0 saturated carbocycles. The molecule has 0 aliphatic rings. The fourth-order valence-corrected chi connectivity index (χ4v) is 1.94. The molecule has 3 N–H and O–H groups in total. The maximum absolute atomic E-state index is 11.2. The molecular weight excluding hydrogens is 258 g/mol. The van der Waals surface area contributed by atoms with Crippen LogP contribution < -0.4 is 15.2 Å². The van der Waals surface area contributed by atoms with Crippen LogP contribution in [0.1, 0.15) is 6.42 Å². The van der Waals surface area contributed by atoms with Crippen molar-refractivity contribution < 1.29 is 17.9 Å². The van der Waals surface area contributed by atoms with E-state index < -0.39 is 15.9 Å². The summed E-state index contributed by atoms with van der Waals surface area (Å²) < 4.78 is 27.3. The van der Waals surface area contributed by atoms with E-state index in [0.29, 0.717) is 5.69 Å². The first-order valence-electron chi connectivity index (χ1n) is 4.76. The Labute approximate surface area is 104 Å². The lowest BCUT2D eigenvalue weighted by Gasteiger charge is -2.09. The molecule has 18 heavy (non-hydrogen) atoms. The molecule has 0 bridgehead atoms. The van der Waals surface area contributed by atoms with Crippen molar-refractivity contribution in [2.24, 2.45) is 5.14 Å². The monoisotopic (exact) mass is 269 g/mol. The van der Waals surface area contributed by atoms with Crippen molar-refractivity contribution >= 4 is 21.6 Å². The minimum atomic E-state index is -3.89. The van der Waals surface area contributed by atoms with E-state index >= 15 is 0 Å². The third-order valence-corrected chi connectivity index (χ3v) is 2.94. The number of nitrogens with one attached hydrogen (secondary N) is 1. The normalized spacial score (nSPS) is 10.5. The number of rotatable bonds is 4. The van der Waals surface area contributed by atoms with E-state index in [4.69, 9.17) is 15.1 Å². The average Bonchev–Trinajstić information content (AvgIpc) is 2.27. The molecule has 1 rings (SSSR count). The van der Waals surface area contributed by atoms with Gasteiger partial charge in [0.15, 0.2) is 0 Å². The van der Waals surface area contributed by atoms with Gasteiger partial charge in [-0.1, -0.05) is 0 Å². The molecule has 0 unspecified atom stereocenters. The molecule has 0 spiro atoms. The molecule has 0 radical (unpaired) electrons. The molecule has 8 heteroatoms. The van der Waals surface area contributed by atoms with E-state index in [1.165, 1.54) is 25.3 Å². The third kappa shape index (κ3) is 3.44. The maximum Gasteiger partial charge on any atom is 0.241 e. The van der Waals surface area contributed by atoms with Crippen LogP contribution in [0.4, 0.5) is 5.69 Å². The predicted molar refractivity (Wildman–Crippen MR) is 63.2 cm³/mol. The Hall–Kier alpha value is -2.11. The average molecular weight is 269 g/mol. The number of hydrogen-bond acceptors (Lipinski definition) is 5. The van der Waals surface area contributed by atoms with E-state index in [9.17, 15) is 13.2 Å². The fraction of sp³-hybridized carbons (Fsp3) is 0.200. The van der Waals surface area contributed by atoms with Crippen molar-refractivity contribution in [2.75, 3.05) is 12.4 Å². The molecule has 1 aromatic carbocycles. The quantitative estimate of drug-likeness (QED) is 0.808. The van der Waals surface area contributed by atoms with E-state index in [1.807, 2.05) is 0 Å². The van der Waals surface area contributed by atoms with Gasteiger partial charge in [-0.3, -0.25) is 4.79 Å². The lowest BCUT2D eigenvalue weighted by Crippen LogP contribution is -2.14. The van der Waals surface area contributed by atoms with E-state index in [1.54, 1.807) is 6.07 Å². The summed E-state index contributed by atoms with van der Waals surface area (Å²) in [6.45, 7) is 0. The second-order valence-electron chi connectivity index (χ2n) is 3.29. The van der Waals surface area contributed by atoms with Gasteiger partial charge in [-0.2, -0.15) is 5.26 Å². The zero-order valence-electron chi connectivity index (χ0n) is 9.50. The second kappa shape index (κ2) is 5.48. The van der Waals surface area contributed by atoms with Crippen LogP contribution in [0.25, 0.3) is 0 Å². The number of carbonyl (C=O) groups is 1. The highest BCUT2D eigenvalue weighted by Crippen LogP contribution is 2.26.